The molecule has 0 radical (unpaired) electrons. The number of hydrogen-bond acceptors (Lipinski definition) is 5. The molecule has 3 aromatic heterocycles. The van der Waals surface area contributed by atoms with Crippen molar-refractivity contribution < 1.29 is 9.13 Å². The first kappa shape index (κ1) is 18.0. The Bertz CT molecular complexity index is 1240. The molecule has 146 valence electrons. The Morgan fingerprint density at radius 2 is 2.07 bits per heavy atom. The molecule has 0 atom stereocenters. The van der Waals surface area contributed by atoms with Crippen LogP contribution in [-0.2, 0) is 19.3 Å². The molecule has 1 aromatic carbocycles. The third kappa shape index (κ3) is 3.11. The fourth-order valence-electron chi connectivity index (χ4n) is 3.85. The largest absolute Gasteiger partial charge is 0.493 e. The molecule has 0 fully saturated rings. The zero-order valence-electron chi connectivity index (χ0n) is 15.7. The van der Waals surface area contributed by atoms with Gasteiger partial charge in [-0.2, -0.15) is 0 Å². The molecule has 8 heteroatoms. The van der Waals surface area contributed by atoms with Gasteiger partial charge < -0.3 is 4.74 Å². The second-order valence-electron chi connectivity index (χ2n) is 7.04. The van der Waals surface area contributed by atoms with Crippen LogP contribution in [0.25, 0.3) is 16.8 Å². The summed E-state index contributed by atoms with van der Waals surface area (Å²) < 4.78 is 21.9. The molecule has 0 aliphatic carbocycles. The summed E-state index contributed by atoms with van der Waals surface area (Å²) in [5.74, 6) is 1.35. The summed E-state index contributed by atoms with van der Waals surface area (Å²) in [6.07, 6.45) is 6.94. The fourth-order valence-corrected chi connectivity index (χ4v) is 4.01. The first-order valence-electron chi connectivity index (χ1n) is 9.35. The molecule has 0 spiro atoms. The molecular formula is C21H17ClFN5O. The number of hydrogen-bond donors (Lipinski definition) is 0. The Kier molecular flexibility index (Phi) is 4.39. The van der Waals surface area contributed by atoms with Crippen molar-refractivity contribution in [3.8, 4) is 16.9 Å². The van der Waals surface area contributed by atoms with Crippen molar-refractivity contribution >= 4 is 17.2 Å². The molecule has 0 amide bonds. The highest BCUT2D eigenvalue weighted by molar-refractivity contribution is 6.29. The number of pyridine rings is 1. The number of aryl methyl sites for hydroxylation is 2. The number of halogens is 2. The van der Waals surface area contributed by atoms with Crippen LogP contribution in [-0.4, -0.2) is 31.2 Å². The van der Waals surface area contributed by atoms with Crippen LogP contribution in [0.4, 0.5) is 4.39 Å². The maximum Gasteiger partial charge on any atom is 0.171 e. The van der Waals surface area contributed by atoms with E-state index in [2.05, 4.69) is 20.2 Å². The van der Waals surface area contributed by atoms with Gasteiger partial charge in [-0.1, -0.05) is 11.6 Å². The summed E-state index contributed by atoms with van der Waals surface area (Å²) in [5, 5.41) is 8.74. The zero-order chi connectivity index (χ0) is 20.0. The lowest BCUT2D eigenvalue weighted by Gasteiger charge is -2.11. The van der Waals surface area contributed by atoms with Gasteiger partial charge in [0.25, 0.3) is 0 Å². The normalized spacial score (nSPS) is 12.9. The molecule has 29 heavy (non-hydrogen) atoms. The highest BCUT2D eigenvalue weighted by Gasteiger charge is 2.20. The first-order chi connectivity index (χ1) is 14.1. The summed E-state index contributed by atoms with van der Waals surface area (Å²) in [5.41, 5.74) is 5.05. The molecule has 0 N–H and O–H groups in total. The van der Waals surface area contributed by atoms with Crippen LogP contribution in [0.15, 0.2) is 36.9 Å². The molecule has 0 saturated carbocycles. The predicted molar refractivity (Wildman–Crippen MR) is 107 cm³/mol. The molecule has 0 bridgehead atoms. The van der Waals surface area contributed by atoms with Gasteiger partial charge in [0.05, 0.1) is 6.61 Å². The van der Waals surface area contributed by atoms with Crippen LogP contribution >= 0.6 is 11.6 Å². The Labute approximate surface area is 171 Å². The molecule has 4 aromatic rings. The highest BCUT2D eigenvalue weighted by atomic mass is 35.5. The summed E-state index contributed by atoms with van der Waals surface area (Å²) in [6, 6.07) is 4.97. The van der Waals surface area contributed by atoms with Crippen LogP contribution in [0.5, 0.6) is 5.75 Å². The van der Waals surface area contributed by atoms with Gasteiger partial charge in [0, 0.05) is 36.4 Å². The van der Waals surface area contributed by atoms with Gasteiger partial charge in [-0.15, -0.1) is 10.2 Å². The van der Waals surface area contributed by atoms with Gasteiger partial charge in [0.15, 0.2) is 5.65 Å². The molecule has 1 aliphatic rings. The standard InChI is InChI=1S/C21H17ClFN5O/c1-12-9-24-19(22)8-15(12)16-10-25-20(28-11-26-27-21(16)28)5-2-13-14-6-7-29-18(14)4-3-17(13)23/h3-4,8-11H,2,5-7H2,1H3. The van der Waals surface area contributed by atoms with Crippen molar-refractivity contribution in [2.24, 2.45) is 0 Å². The molecule has 4 heterocycles. The Balaban J connectivity index is 1.51. The van der Waals surface area contributed by atoms with Crippen molar-refractivity contribution in [3.05, 3.63) is 70.4 Å². The number of nitrogens with zero attached hydrogens (tertiary/aromatic N) is 5. The average Bonchev–Trinajstić information content (AvgIpc) is 3.39. The van der Waals surface area contributed by atoms with Gasteiger partial charge >= 0.3 is 0 Å². The second kappa shape index (κ2) is 7.08. The number of rotatable bonds is 4. The van der Waals surface area contributed by atoms with Gasteiger partial charge in [0.1, 0.15) is 28.9 Å². The van der Waals surface area contributed by atoms with E-state index in [0.29, 0.717) is 35.8 Å². The first-order valence-corrected chi connectivity index (χ1v) is 9.73. The average molecular weight is 410 g/mol. The number of fused-ring (bicyclic) bond motifs is 2. The topological polar surface area (TPSA) is 65.2 Å². The summed E-state index contributed by atoms with van der Waals surface area (Å²) in [7, 11) is 0. The maximum absolute atomic E-state index is 14.4. The van der Waals surface area contributed by atoms with Crippen molar-refractivity contribution in [1.82, 2.24) is 24.6 Å². The lowest BCUT2D eigenvalue weighted by Crippen LogP contribution is -2.06. The van der Waals surface area contributed by atoms with Crippen molar-refractivity contribution in [3.63, 3.8) is 0 Å². The van der Waals surface area contributed by atoms with Gasteiger partial charge in [-0.05, 0) is 48.2 Å². The second-order valence-corrected chi connectivity index (χ2v) is 7.42. The third-order valence-corrected chi connectivity index (χ3v) is 5.52. The molecular weight excluding hydrogens is 393 g/mol. The highest BCUT2D eigenvalue weighted by Crippen LogP contribution is 2.31. The fraction of sp³-hybridized carbons (Fsp3) is 0.238. The minimum Gasteiger partial charge on any atom is -0.493 e. The quantitative estimate of drug-likeness (QED) is 0.476. The van der Waals surface area contributed by atoms with Crippen LogP contribution in [0.2, 0.25) is 5.15 Å². The van der Waals surface area contributed by atoms with Gasteiger partial charge in [-0.25, -0.2) is 14.4 Å². The molecule has 5 rings (SSSR count). The Hall–Kier alpha value is -3.06. The van der Waals surface area contributed by atoms with Crippen LogP contribution < -0.4 is 4.74 Å². The summed E-state index contributed by atoms with van der Waals surface area (Å²) >= 11 is 6.08. The smallest absolute Gasteiger partial charge is 0.171 e. The predicted octanol–water partition coefficient (Wildman–Crippen LogP) is 4.01. The van der Waals surface area contributed by atoms with Crippen LogP contribution in [0.1, 0.15) is 22.5 Å². The van der Waals surface area contributed by atoms with E-state index in [9.17, 15) is 4.39 Å². The number of benzene rings is 1. The Morgan fingerprint density at radius 1 is 1.17 bits per heavy atom. The van der Waals surface area contributed by atoms with Gasteiger partial charge in [0.2, 0.25) is 0 Å². The lowest BCUT2D eigenvalue weighted by atomic mass is 9.99. The number of aromatic nitrogens is 5. The van der Waals surface area contributed by atoms with E-state index >= 15 is 0 Å². The van der Waals surface area contributed by atoms with Crippen molar-refractivity contribution in [2.45, 2.75) is 26.2 Å². The zero-order valence-corrected chi connectivity index (χ0v) is 16.4. The number of ether oxygens (including phenoxy) is 1. The SMILES string of the molecule is Cc1cnc(Cl)cc1-c1cnc(CCc2c(F)ccc3c2CCO3)n2cnnc12. The summed E-state index contributed by atoms with van der Waals surface area (Å²) in [6.45, 7) is 2.56. The van der Waals surface area contributed by atoms with E-state index < -0.39 is 0 Å². The van der Waals surface area contributed by atoms with Crippen LogP contribution in [0, 0.1) is 12.7 Å². The monoisotopic (exact) mass is 409 g/mol. The van der Waals surface area contributed by atoms with E-state index in [1.165, 1.54) is 6.07 Å². The molecule has 0 unspecified atom stereocenters. The molecule has 1 aliphatic heterocycles. The summed E-state index contributed by atoms with van der Waals surface area (Å²) in [4.78, 5) is 8.74. The molecule has 0 saturated heterocycles. The van der Waals surface area contributed by atoms with Crippen molar-refractivity contribution in [2.75, 3.05) is 6.61 Å². The minimum absolute atomic E-state index is 0.201. The van der Waals surface area contributed by atoms with E-state index in [4.69, 9.17) is 16.3 Å². The Morgan fingerprint density at radius 3 is 2.97 bits per heavy atom. The maximum atomic E-state index is 14.4. The van der Waals surface area contributed by atoms with E-state index in [0.717, 1.165) is 40.2 Å². The van der Waals surface area contributed by atoms with Crippen molar-refractivity contribution in [1.29, 1.82) is 0 Å². The van der Waals surface area contributed by atoms with Gasteiger partial charge in [-0.3, -0.25) is 4.40 Å². The van der Waals surface area contributed by atoms with Crippen LogP contribution in [0.3, 0.4) is 0 Å². The molecule has 6 nitrogen and oxygen atoms in total. The third-order valence-electron chi connectivity index (χ3n) is 5.31. The van der Waals surface area contributed by atoms with E-state index in [-0.39, 0.29) is 5.82 Å². The van der Waals surface area contributed by atoms with E-state index in [1.807, 2.05) is 11.3 Å². The van der Waals surface area contributed by atoms with E-state index in [1.54, 1.807) is 30.9 Å². The minimum atomic E-state index is -0.201. The lowest BCUT2D eigenvalue weighted by molar-refractivity contribution is 0.356.